The average Bonchev–Trinajstić information content (AvgIpc) is 2.39. The molecule has 2 rings (SSSR count). The van der Waals surface area contributed by atoms with Crippen molar-refractivity contribution in [1.82, 2.24) is 10.3 Å². The molecular weight excluding hydrogens is 239 g/mol. The van der Waals surface area contributed by atoms with E-state index in [0.717, 1.165) is 5.56 Å². The number of hydrogen-bond acceptors (Lipinski definition) is 2. The topological polar surface area (TPSA) is 24.9 Å². The first-order chi connectivity index (χ1) is 9.06. The monoisotopic (exact) mass is 258 g/mol. The van der Waals surface area contributed by atoms with E-state index in [1.807, 2.05) is 6.92 Å². The Bertz CT molecular complexity index is 537. The Morgan fingerprint density at radius 3 is 2.26 bits per heavy atom. The number of rotatable bonds is 4. The normalized spacial score (nSPS) is 14.1. The molecule has 0 radical (unpaired) electrons. The maximum atomic E-state index is 13.1. The van der Waals surface area contributed by atoms with Crippen molar-refractivity contribution in [2.45, 2.75) is 32.9 Å². The zero-order valence-electron chi connectivity index (χ0n) is 11.5. The maximum absolute atomic E-state index is 13.1. The quantitative estimate of drug-likeness (QED) is 0.898. The van der Waals surface area contributed by atoms with Crippen LogP contribution in [-0.4, -0.2) is 4.98 Å². The fraction of sp³-hybridized carbons (Fsp3) is 0.312. The van der Waals surface area contributed by atoms with Crippen LogP contribution in [0.5, 0.6) is 0 Å². The minimum Gasteiger partial charge on any atom is -0.304 e. The van der Waals surface area contributed by atoms with Gasteiger partial charge in [0.15, 0.2) is 0 Å². The van der Waals surface area contributed by atoms with Gasteiger partial charge in [0.1, 0.15) is 5.82 Å². The minimum atomic E-state index is -0.297. The zero-order chi connectivity index (χ0) is 13.8. The van der Waals surface area contributed by atoms with Gasteiger partial charge in [-0.25, -0.2) is 4.39 Å². The van der Waals surface area contributed by atoms with Gasteiger partial charge in [0.05, 0.1) is 6.20 Å². The van der Waals surface area contributed by atoms with Crippen LogP contribution in [0.3, 0.4) is 0 Å². The van der Waals surface area contributed by atoms with Crippen molar-refractivity contribution < 1.29 is 4.39 Å². The standard InChI is InChI=1S/C16H19FN2/c1-11-4-6-14(7-5-11)12(2)19-13(3)15-8-16(17)10-18-9-15/h4-10,12-13,19H,1-3H3. The first-order valence-corrected chi connectivity index (χ1v) is 6.49. The van der Waals surface area contributed by atoms with Gasteiger partial charge in [0.2, 0.25) is 0 Å². The summed E-state index contributed by atoms with van der Waals surface area (Å²) < 4.78 is 13.1. The maximum Gasteiger partial charge on any atom is 0.141 e. The lowest BCUT2D eigenvalue weighted by molar-refractivity contribution is 0.490. The average molecular weight is 258 g/mol. The highest BCUT2D eigenvalue weighted by Crippen LogP contribution is 2.19. The number of halogens is 1. The molecule has 1 N–H and O–H groups in total. The summed E-state index contributed by atoms with van der Waals surface area (Å²) in [6.45, 7) is 6.19. The molecule has 1 aromatic heterocycles. The third-order valence-corrected chi connectivity index (χ3v) is 3.30. The van der Waals surface area contributed by atoms with Gasteiger partial charge in [0, 0.05) is 18.3 Å². The number of hydrogen-bond donors (Lipinski definition) is 1. The number of aromatic nitrogens is 1. The van der Waals surface area contributed by atoms with Gasteiger partial charge in [-0.1, -0.05) is 29.8 Å². The molecule has 0 saturated carbocycles. The molecule has 0 amide bonds. The zero-order valence-corrected chi connectivity index (χ0v) is 11.5. The molecule has 0 aliphatic rings. The summed E-state index contributed by atoms with van der Waals surface area (Å²) in [5.41, 5.74) is 3.33. The predicted molar refractivity (Wildman–Crippen MR) is 75.3 cm³/mol. The van der Waals surface area contributed by atoms with E-state index in [9.17, 15) is 4.39 Å². The van der Waals surface area contributed by atoms with E-state index in [0.29, 0.717) is 0 Å². The van der Waals surface area contributed by atoms with Crippen molar-refractivity contribution in [2.24, 2.45) is 0 Å². The number of pyridine rings is 1. The van der Waals surface area contributed by atoms with E-state index in [4.69, 9.17) is 0 Å². The Labute approximate surface area is 113 Å². The molecule has 2 atom stereocenters. The predicted octanol–water partition coefficient (Wildman–Crippen LogP) is 3.94. The summed E-state index contributed by atoms with van der Waals surface area (Å²) in [4.78, 5) is 3.88. The molecule has 0 spiro atoms. The van der Waals surface area contributed by atoms with Crippen molar-refractivity contribution in [3.05, 3.63) is 65.2 Å². The lowest BCUT2D eigenvalue weighted by atomic mass is 10.0. The molecule has 0 aliphatic carbocycles. The fourth-order valence-corrected chi connectivity index (χ4v) is 2.09. The van der Waals surface area contributed by atoms with Gasteiger partial charge in [0.25, 0.3) is 0 Å². The van der Waals surface area contributed by atoms with E-state index in [1.165, 1.54) is 23.4 Å². The first kappa shape index (κ1) is 13.7. The summed E-state index contributed by atoms with van der Waals surface area (Å²) in [5.74, 6) is -0.297. The van der Waals surface area contributed by atoms with Crippen LogP contribution in [0.25, 0.3) is 0 Å². The Kier molecular flexibility index (Phi) is 4.27. The molecule has 2 aromatic rings. The van der Waals surface area contributed by atoms with Gasteiger partial charge < -0.3 is 5.32 Å². The summed E-state index contributed by atoms with van der Waals surface area (Å²) in [6.07, 6.45) is 2.92. The van der Waals surface area contributed by atoms with Crippen LogP contribution in [0.15, 0.2) is 42.7 Å². The van der Waals surface area contributed by atoms with Crippen LogP contribution >= 0.6 is 0 Å². The van der Waals surface area contributed by atoms with Crippen LogP contribution in [0.2, 0.25) is 0 Å². The second kappa shape index (κ2) is 5.93. The number of nitrogens with zero attached hydrogens (tertiary/aromatic N) is 1. The second-order valence-electron chi connectivity index (χ2n) is 4.96. The third kappa shape index (κ3) is 3.61. The summed E-state index contributed by atoms with van der Waals surface area (Å²) >= 11 is 0. The number of aryl methyl sites for hydroxylation is 1. The summed E-state index contributed by atoms with van der Waals surface area (Å²) in [7, 11) is 0. The Morgan fingerprint density at radius 1 is 1.00 bits per heavy atom. The minimum absolute atomic E-state index is 0.0551. The van der Waals surface area contributed by atoms with Crippen molar-refractivity contribution >= 4 is 0 Å². The van der Waals surface area contributed by atoms with Gasteiger partial charge in [-0.3, -0.25) is 4.98 Å². The van der Waals surface area contributed by atoms with Crippen LogP contribution in [0.1, 0.15) is 42.6 Å². The molecule has 0 saturated heterocycles. The third-order valence-electron chi connectivity index (χ3n) is 3.30. The van der Waals surface area contributed by atoms with Crippen LogP contribution < -0.4 is 5.32 Å². The molecule has 0 fully saturated rings. The van der Waals surface area contributed by atoms with Gasteiger partial charge in [-0.2, -0.15) is 0 Å². The molecular formula is C16H19FN2. The molecule has 19 heavy (non-hydrogen) atoms. The molecule has 3 heteroatoms. The van der Waals surface area contributed by atoms with Gasteiger partial charge in [-0.05, 0) is 38.0 Å². The lowest BCUT2D eigenvalue weighted by Gasteiger charge is -2.20. The number of nitrogens with one attached hydrogen (secondary N) is 1. The molecule has 0 aliphatic heterocycles. The largest absolute Gasteiger partial charge is 0.304 e. The van der Waals surface area contributed by atoms with Crippen LogP contribution in [0.4, 0.5) is 4.39 Å². The smallest absolute Gasteiger partial charge is 0.141 e. The Morgan fingerprint density at radius 2 is 1.63 bits per heavy atom. The number of benzene rings is 1. The summed E-state index contributed by atoms with van der Waals surface area (Å²) in [5, 5.41) is 3.45. The highest BCUT2D eigenvalue weighted by Gasteiger charge is 2.11. The summed E-state index contributed by atoms with van der Waals surface area (Å²) in [6, 6.07) is 10.2. The molecule has 100 valence electrons. The Hall–Kier alpha value is -1.74. The van der Waals surface area contributed by atoms with Crippen LogP contribution in [-0.2, 0) is 0 Å². The van der Waals surface area contributed by atoms with E-state index in [2.05, 4.69) is 48.4 Å². The van der Waals surface area contributed by atoms with Crippen molar-refractivity contribution in [3.8, 4) is 0 Å². The molecule has 1 heterocycles. The second-order valence-corrected chi connectivity index (χ2v) is 4.96. The highest BCUT2D eigenvalue weighted by atomic mass is 19.1. The van der Waals surface area contributed by atoms with Crippen LogP contribution in [0, 0.1) is 12.7 Å². The van der Waals surface area contributed by atoms with E-state index < -0.39 is 0 Å². The van der Waals surface area contributed by atoms with E-state index in [-0.39, 0.29) is 17.9 Å². The molecule has 2 nitrogen and oxygen atoms in total. The molecule has 1 aromatic carbocycles. The van der Waals surface area contributed by atoms with E-state index in [1.54, 1.807) is 6.20 Å². The van der Waals surface area contributed by atoms with Gasteiger partial charge in [-0.15, -0.1) is 0 Å². The SMILES string of the molecule is Cc1ccc(C(C)NC(C)c2cncc(F)c2)cc1. The first-order valence-electron chi connectivity index (χ1n) is 6.49. The molecule has 0 bridgehead atoms. The lowest BCUT2D eigenvalue weighted by Crippen LogP contribution is -2.22. The van der Waals surface area contributed by atoms with Crippen molar-refractivity contribution in [1.29, 1.82) is 0 Å². The van der Waals surface area contributed by atoms with Crippen molar-refractivity contribution in [2.75, 3.05) is 0 Å². The highest BCUT2D eigenvalue weighted by molar-refractivity contribution is 5.24. The molecule has 2 unspecified atom stereocenters. The van der Waals surface area contributed by atoms with Gasteiger partial charge >= 0.3 is 0 Å². The Balaban J connectivity index is 2.06. The van der Waals surface area contributed by atoms with Crippen molar-refractivity contribution in [3.63, 3.8) is 0 Å². The fourth-order valence-electron chi connectivity index (χ4n) is 2.09. The van der Waals surface area contributed by atoms with E-state index >= 15 is 0 Å².